The quantitative estimate of drug-likeness (QED) is 0.511. The molecule has 3 heteroatoms. The van der Waals surface area contributed by atoms with Gasteiger partial charge in [0.2, 0.25) is 0 Å². The first kappa shape index (κ1) is 4.33. The zero-order valence-corrected chi connectivity index (χ0v) is 3.72. The summed E-state index contributed by atoms with van der Waals surface area (Å²) in [5, 5.41) is 0. The van der Waals surface area contributed by atoms with Crippen LogP contribution >= 0.6 is 0 Å². The van der Waals surface area contributed by atoms with E-state index >= 15 is 0 Å². The zero-order chi connectivity index (χ0) is 5.11. The molecule has 0 aliphatic heterocycles. The van der Waals surface area contributed by atoms with Crippen LogP contribution in [0, 0.1) is 0 Å². The minimum absolute atomic E-state index is 0.181. The zero-order valence-electron chi connectivity index (χ0n) is 3.72. The van der Waals surface area contributed by atoms with Crippen LogP contribution in [0.5, 0.6) is 0 Å². The van der Waals surface area contributed by atoms with Crippen LogP contribution in [0.4, 0.5) is 0 Å². The predicted octanol–water partition coefficient (Wildman–Crippen LogP) is 0.457. The van der Waals surface area contributed by atoms with E-state index in [1.54, 1.807) is 0 Å². The highest BCUT2D eigenvalue weighted by atomic mass is 16.3. The van der Waals surface area contributed by atoms with Gasteiger partial charge in [0.1, 0.15) is 5.76 Å². The summed E-state index contributed by atoms with van der Waals surface area (Å²) < 4.78 is 4.68. The Kier molecular flexibility index (Phi) is 1.08. The largest absolute Gasteiger partial charge is 0.447 e. The van der Waals surface area contributed by atoms with E-state index in [9.17, 15) is 0 Å². The van der Waals surface area contributed by atoms with Gasteiger partial charge in [-0.2, -0.15) is 0 Å². The van der Waals surface area contributed by atoms with Gasteiger partial charge in [0.15, 0.2) is 6.39 Å². The monoisotopic (exact) mass is 97.0 g/mol. The smallest absolute Gasteiger partial charge is 0.180 e. The molecular formula is C4H5N2O. The predicted molar refractivity (Wildman–Crippen MR) is 23.3 cm³/mol. The van der Waals surface area contributed by atoms with Crippen molar-refractivity contribution in [3.05, 3.63) is 18.4 Å². The van der Waals surface area contributed by atoms with Gasteiger partial charge < -0.3 is 4.42 Å². The third kappa shape index (κ3) is 0.778. The van der Waals surface area contributed by atoms with E-state index in [1.807, 2.05) is 0 Å². The first-order valence-corrected chi connectivity index (χ1v) is 1.95. The van der Waals surface area contributed by atoms with Crippen molar-refractivity contribution in [2.75, 3.05) is 0 Å². The maximum absolute atomic E-state index is 6.73. The fourth-order valence-electron chi connectivity index (χ4n) is 0.329. The minimum Gasteiger partial charge on any atom is -0.447 e. The maximum atomic E-state index is 6.73. The van der Waals surface area contributed by atoms with E-state index in [2.05, 4.69) is 9.40 Å². The number of rotatable bonds is 1. The molecule has 1 aromatic heterocycles. The average Bonchev–Trinajstić information content (AvgIpc) is 2.14. The first-order valence-electron chi connectivity index (χ1n) is 1.95. The van der Waals surface area contributed by atoms with Gasteiger partial charge in [-0.3, -0.25) is 0 Å². The van der Waals surface area contributed by atoms with Gasteiger partial charge in [-0.05, 0) is 0 Å². The molecule has 1 rings (SSSR count). The van der Waals surface area contributed by atoms with Crippen LogP contribution in [0.1, 0.15) is 5.76 Å². The Labute approximate surface area is 41.2 Å². The lowest BCUT2D eigenvalue weighted by molar-refractivity contribution is 0.504. The van der Waals surface area contributed by atoms with E-state index in [0.717, 1.165) is 0 Å². The summed E-state index contributed by atoms with van der Waals surface area (Å²) in [6, 6.07) is 0. The molecule has 0 bridgehead atoms. The average molecular weight is 97.1 g/mol. The highest BCUT2D eigenvalue weighted by Crippen LogP contribution is 1.92. The van der Waals surface area contributed by atoms with Crippen molar-refractivity contribution in [2.24, 2.45) is 0 Å². The lowest BCUT2D eigenvalue weighted by Gasteiger charge is -1.76. The Hall–Kier alpha value is -0.830. The van der Waals surface area contributed by atoms with Crippen LogP contribution in [0.15, 0.2) is 17.0 Å². The van der Waals surface area contributed by atoms with Crippen LogP contribution in [-0.4, -0.2) is 4.98 Å². The van der Waals surface area contributed by atoms with Crippen molar-refractivity contribution >= 4 is 0 Å². The fourth-order valence-corrected chi connectivity index (χ4v) is 0.329. The molecule has 1 radical (unpaired) electrons. The van der Waals surface area contributed by atoms with Gasteiger partial charge in [0.05, 0.1) is 12.7 Å². The number of aromatic nitrogens is 1. The number of hydrogen-bond acceptors (Lipinski definition) is 2. The van der Waals surface area contributed by atoms with Gasteiger partial charge in [-0.15, -0.1) is 0 Å². The van der Waals surface area contributed by atoms with Gasteiger partial charge in [-0.25, -0.2) is 10.7 Å². The molecule has 0 fully saturated rings. The molecule has 0 amide bonds. The minimum atomic E-state index is 0.181. The molecule has 1 N–H and O–H groups in total. The van der Waals surface area contributed by atoms with E-state index in [-0.39, 0.29) is 6.54 Å². The molecule has 0 unspecified atom stereocenters. The topological polar surface area (TPSA) is 49.8 Å². The Morgan fingerprint density at radius 3 is 3.00 bits per heavy atom. The van der Waals surface area contributed by atoms with Crippen molar-refractivity contribution in [3.63, 3.8) is 0 Å². The Morgan fingerprint density at radius 1 is 1.86 bits per heavy atom. The van der Waals surface area contributed by atoms with Gasteiger partial charge in [0.25, 0.3) is 0 Å². The number of hydrogen-bond donors (Lipinski definition) is 0. The molecule has 0 spiro atoms. The summed E-state index contributed by atoms with van der Waals surface area (Å²) in [7, 11) is 0. The summed E-state index contributed by atoms with van der Waals surface area (Å²) >= 11 is 0. The highest BCUT2D eigenvalue weighted by Gasteiger charge is 1.86. The first-order chi connectivity index (χ1) is 3.43. The number of nitrogens with zero attached hydrogens (tertiary/aromatic N) is 1. The van der Waals surface area contributed by atoms with E-state index < -0.39 is 0 Å². The van der Waals surface area contributed by atoms with Crippen molar-refractivity contribution in [3.8, 4) is 0 Å². The van der Waals surface area contributed by atoms with Crippen LogP contribution in [-0.2, 0) is 6.54 Å². The fraction of sp³-hybridized carbons (Fsp3) is 0.250. The van der Waals surface area contributed by atoms with Gasteiger partial charge in [-0.1, -0.05) is 0 Å². The summed E-state index contributed by atoms with van der Waals surface area (Å²) in [6.07, 6.45) is 2.86. The Bertz CT molecular complexity index is 124. The molecule has 0 aliphatic carbocycles. The van der Waals surface area contributed by atoms with Crippen molar-refractivity contribution in [2.45, 2.75) is 6.54 Å². The van der Waals surface area contributed by atoms with E-state index in [1.165, 1.54) is 12.6 Å². The Balaban J connectivity index is 2.76. The number of nitrogens with one attached hydrogen (secondary N) is 1. The summed E-state index contributed by atoms with van der Waals surface area (Å²) in [5.41, 5.74) is 6.73. The third-order valence-corrected chi connectivity index (χ3v) is 0.658. The second-order valence-corrected chi connectivity index (χ2v) is 1.14. The Morgan fingerprint density at radius 2 is 2.71 bits per heavy atom. The van der Waals surface area contributed by atoms with E-state index in [0.29, 0.717) is 5.76 Å². The normalized spacial score (nSPS) is 9.29. The number of oxazole rings is 1. The highest BCUT2D eigenvalue weighted by molar-refractivity contribution is 4.85. The molecule has 0 saturated carbocycles. The molecular weight excluding hydrogens is 92.1 g/mol. The van der Waals surface area contributed by atoms with Crippen LogP contribution in [0.25, 0.3) is 0 Å². The van der Waals surface area contributed by atoms with Crippen LogP contribution < -0.4 is 5.73 Å². The second-order valence-electron chi connectivity index (χ2n) is 1.14. The summed E-state index contributed by atoms with van der Waals surface area (Å²) in [4.78, 5) is 3.61. The van der Waals surface area contributed by atoms with Gasteiger partial charge >= 0.3 is 0 Å². The molecule has 0 aromatic carbocycles. The molecule has 0 atom stereocenters. The van der Waals surface area contributed by atoms with Crippen molar-refractivity contribution in [1.29, 1.82) is 0 Å². The lowest BCUT2D eigenvalue weighted by Crippen LogP contribution is -1.76. The molecule has 7 heavy (non-hydrogen) atoms. The van der Waals surface area contributed by atoms with Crippen molar-refractivity contribution < 1.29 is 4.42 Å². The van der Waals surface area contributed by atoms with E-state index in [4.69, 9.17) is 5.73 Å². The summed E-state index contributed by atoms with van der Waals surface area (Å²) in [6.45, 7) is 0.181. The lowest BCUT2D eigenvalue weighted by atomic mass is 10.5. The summed E-state index contributed by atoms with van der Waals surface area (Å²) in [5.74, 6) is 0.611. The maximum Gasteiger partial charge on any atom is 0.180 e. The molecule has 0 saturated heterocycles. The SMILES string of the molecule is [NH]Cc1cnco1. The standard InChI is InChI=1S/C4H5N2O/c5-1-4-2-6-3-7-4/h2-3,5H,1H2. The van der Waals surface area contributed by atoms with Crippen molar-refractivity contribution in [1.82, 2.24) is 10.7 Å². The molecule has 0 aliphatic rings. The van der Waals surface area contributed by atoms with Crippen LogP contribution in [0.3, 0.4) is 0 Å². The third-order valence-electron chi connectivity index (χ3n) is 0.658. The molecule has 37 valence electrons. The molecule has 1 heterocycles. The second kappa shape index (κ2) is 1.75. The molecule has 3 nitrogen and oxygen atoms in total. The van der Waals surface area contributed by atoms with Gasteiger partial charge in [0, 0.05) is 0 Å². The van der Waals surface area contributed by atoms with Crippen LogP contribution in [0.2, 0.25) is 0 Å². The molecule has 1 aromatic rings.